The predicted octanol–water partition coefficient (Wildman–Crippen LogP) is -0.914. The molecule has 0 aliphatic heterocycles. The van der Waals surface area contributed by atoms with Crippen LogP contribution in [-0.2, 0) is 9.59 Å². The zero-order valence-corrected chi connectivity index (χ0v) is 5.07. The van der Waals surface area contributed by atoms with Gasteiger partial charge in [-0.3, -0.25) is 9.59 Å². The quantitative estimate of drug-likeness (QED) is 0.532. The Labute approximate surface area is 57.0 Å². The number of carboxylic acids is 1. The second-order valence-electron chi connectivity index (χ2n) is 1.69. The molecular weight excluding hydrogens is 136 g/mol. The lowest BCUT2D eigenvalue weighted by Gasteiger charge is -1.96. The van der Waals surface area contributed by atoms with Crippen LogP contribution in [0.4, 0.5) is 0 Å². The summed E-state index contributed by atoms with van der Waals surface area (Å²) >= 11 is 0. The van der Waals surface area contributed by atoms with Gasteiger partial charge in [0.15, 0.2) is 5.92 Å². The van der Waals surface area contributed by atoms with Crippen molar-refractivity contribution in [3.63, 3.8) is 0 Å². The number of primary amides is 1. The molecule has 5 heteroatoms. The number of carboxylic acid groups (broad SMARTS) is 1. The van der Waals surface area contributed by atoms with Crippen molar-refractivity contribution < 1.29 is 14.7 Å². The first-order valence-corrected chi connectivity index (χ1v) is 2.48. The molecule has 3 N–H and O–H groups in total. The van der Waals surface area contributed by atoms with Crippen LogP contribution in [0.3, 0.4) is 0 Å². The Balaban J connectivity index is 4.00. The van der Waals surface area contributed by atoms with E-state index in [2.05, 4.69) is 5.73 Å². The Bertz CT molecular complexity index is 194. The van der Waals surface area contributed by atoms with Crippen LogP contribution in [0.15, 0.2) is 0 Å². The van der Waals surface area contributed by atoms with Gasteiger partial charge in [-0.15, -0.1) is 0 Å². The van der Waals surface area contributed by atoms with Crippen molar-refractivity contribution in [2.24, 2.45) is 11.7 Å². The number of carbonyl (C=O) groups excluding carboxylic acids is 1. The molecule has 0 aromatic heterocycles. The molecule has 1 atom stereocenters. The highest BCUT2D eigenvalue weighted by atomic mass is 16.4. The Morgan fingerprint density at radius 1 is 1.70 bits per heavy atom. The molecule has 0 rings (SSSR count). The number of nitriles is 1. The van der Waals surface area contributed by atoms with Crippen molar-refractivity contribution in [3.8, 4) is 6.07 Å². The van der Waals surface area contributed by atoms with Gasteiger partial charge in [-0.2, -0.15) is 5.26 Å². The van der Waals surface area contributed by atoms with E-state index in [0.29, 0.717) is 0 Å². The predicted molar refractivity (Wildman–Crippen MR) is 30.6 cm³/mol. The third-order valence-electron chi connectivity index (χ3n) is 0.859. The van der Waals surface area contributed by atoms with Gasteiger partial charge in [0.2, 0.25) is 5.91 Å². The first-order chi connectivity index (χ1) is 4.57. The highest BCUT2D eigenvalue weighted by molar-refractivity contribution is 5.82. The highest BCUT2D eigenvalue weighted by Crippen LogP contribution is 1.99. The number of rotatable bonds is 3. The molecule has 0 fully saturated rings. The lowest BCUT2D eigenvalue weighted by atomic mass is 10.1. The Morgan fingerprint density at radius 2 is 2.20 bits per heavy atom. The fraction of sp³-hybridized carbons (Fsp3) is 0.400. The van der Waals surface area contributed by atoms with E-state index < -0.39 is 24.2 Å². The van der Waals surface area contributed by atoms with E-state index in [1.165, 1.54) is 6.07 Å². The van der Waals surface area contributed by atoms with Gasteiger partial charge in [0.25, 0.3) is 0 Å². The average molecular weight is 142 g/mol. The lowest BCUT2D eigenvalue weighted by Crippen LogP contribution is -2.21. The van der Waals surface area contributed by atoms with Crippen molar-refractivity contribution in [3.05, 3.63) is 0 Å². The molecule has 0 aromatic rings. The van der Waals surface area contributed by atoms with Gasteiger partial charge < -0.3 is 10.8 Å². The number of nitrogens with zero attached hydrogens (tertiary/aromatic N) is 1. The number of amides is 1. The molecular formula is C5H6N2O3. The number of hydrogen-bond acceptors (Lipinski definition) is 3. The Hall–Kier alpha value is -1.57. The number of nitrogens with two attached hydrogens (primary N) is 1. The van der Waals surface area contributed by atoms with Crippen molar-refractivity contribution >= 4 is 11.9 Å². The van der Waals surface area contributed by atoms with Gasteiger partial charge in [-0.1, -0.05) is 0 Å². The van der Waals surface area contributed by atoms with E-state index in [0.717, 1.165) is 0 Å². The van der Waals surface area contributed by atoms with Gasteiger partial charge in [0.05, 0.1) is 12.5 Å². The molecule has 1 unspecified atom stereocenters. The minimum Gasteiger partial charge on any atom is -0.480 e. The average Bonchev–Trinajstić information content (AvgIpc) is 1.81. The SMILES string of the molecule is N#CC(CC(N)=O)C(=O)O. The minimum atomic E-state index is -1.32. The summed E-state index contributed by atoms with van der Waals surface area (Å²) in [6.45, 7) is 0. The van der Waals surface area contributed by atoms with Crippen LogP contribution in [0.25, 0.3) is 0 Å². The van der Waals surface area contributed by atoms with Gasteiger partial charge in [-0.25, -0.2) is 0 Å². The summed E-state index contributed by atoms with van der Waals surface area (Å²) in [7, 11) is 0. The number of aliphatic carboxylic acids is 1. The van der Waals surface area contributed by atoms with Crippen LogP contribution in [0, 0.1) is 17.2 Å². The van der Waals surface area contributed by atoms with Crippen molar-refractivity contribution in [1.82, 2.24) is 0 Å². The Morgan fingerprint density at radius 3 is 2.30 bits per heavy atom. The topological polar surface area (TPSA) is 104 Å². The van der Waals surface area contributed by atoms with E-state index >= 15 is 0 Å². The largest absolute Gasteiger partial charge is 0.480 e. The molecule has 1 amide bonds. The Kier molecular flexibility index (Phi) is 2.91. The molecule has 54 valence electrons. The van der Waals surface area contributed by atoms with Crippen LogP contribution in [-0.4, -0.2) is 17.0 Å². The van der Waals surface area contributed by atoms with Crippen LogP contribution < -0.4 is 5.73 Å². The summed E-state index contributed by atoms with van der Waals surface area (Å²) in [5.74, 6) is -3.41. The number of carbonyl (C=O) groups is 2. The molecule has 0 bridgehead atoms. The molecule has 0 aromatic carbocycles. The third kappa shape index (κ3) is 2.67. The van der Waals surface area contributed by atoms with E-state index in [9.17, 15) is 9.59 Å². The monoisotopic (exact) mass is 142 g/mol. The van der Waals surface area contributed by atoms with Gasteiger partial charge in [0, 0.05) is 0 Å². The van der Waals surface area contributed by atoms with Crippen LogP contribution in [0.1, 0.15) is 6.42 Å². The van der Waals surface area contributed by atoms with Crippen molar-refractivity contribution in [2.75, 3.05) is 0 Å². The maximum absolute atomic E-state index is 10.1. The van der Waals surface area contributed by atoms with Crippen LogP contribution in [0.2, 0.25) is 0 Å². The van der Waals surface area contributed by atoms with E-state index in [-0.39, 0.29) is 0 Å². The summed E-state index contributed by atoms with van der Waals surface area (Å²) < 4.78 is 0. The van der Waals surface area contributed by atoms with Crippen molar-refractivity contribution in [1.29, 1.82) is 5.26 Å². The molecule has 0 aliphatic rings. The lowest BCUT2D eigenvalue weighted by molar-refractivity contribution is -0.141. The number of hydrogen-bond donors (Lipinski definition) is 2. The first-order valence-electron chi connectivity index (χ1n) is 2.48. The van der Waals surface area contributed by atoms with Crippen molar-refractivity contribution in [2.45, 2.75) is 6.42 Å². The van der Waals surface area contributed by atoms with Crippen LogP contribution in [0.5, 0.6) is 0 Å². The third-order valence-corrected chi connectivity index (χ3v) is 0.859. The van der Waals surface area contributed by atoms with Gasteiger partial charge in [-0.05, 0) is 0 Å². The second kappa shape index (κ2) is 3.45. The molecule has 0 radical (unpaired) electrons. The fourth-order valence-electron chi connectivity index (χ4n) is 0.389. The second-order valence-corrected chi connectivity index (χ2v) is 1.69. The van der Waals surface area contributed by atoms with E-state index in [1.54, 1.807) is 0 Å². The zero-order chi connectivity index (χ0) is 8.15. The molecule has 0 heterocycles. The normalized spacial score (nSPS) is 11.5. The molecule has 10 heavy (non-hydrogen) atoms. The summed E-state index contributed by atoms with van der Waals surface area (Å²) in [6, 6.07) is 1.43. The molecule has 0 spiro atoms. The zero-order valence-electron chi connectivity index (χ0n) is 5.07. The maximum Gasteiger partial charge on any atom is 0.321 e. The summed E-state index contributed by atoms with van der Waals surface area (Å²) in [4.78, 5) is 20.1. The molecule has 0 saturated carbocycles. The fourth-order valence-corrected chi connectivity index (χ4v) is 0.389. The van der Waals surface area contributed by atoms with E-state index in [4.69, 9.17) is 10.4 Å². The summed E-state index contributed by atoms with van der Waals surface area (Å²) in [5, 5.41) is 16.3. The van der Waals surface area contributed by atoms with Gasteiger partial charge in [0.1, 0.15) is 0 Å². The minimum absolute atomic E-state index is 0.425. The molecule has 0 aliphatic carbocycles. The molecule has 5 nitrogen and oxygen atoms in total. The van der Waals surface area contributed by atoms with E-state index in [1.807, 2.05) is 0 Å². The van der Waals surface area contributed by atoms with Crippen LogP contribution >= 0.6 is 0 Å². The highest BCUT2D eigenvalue weighted by Gasteiger charge is 2.18. The standard InChI is InChI=1S/C5H6N2O3/c6-2-3(5(9)10)1-4(7)8/h3H,1H2,(H2,7,8)(H,9,10). The molecule has 0 saturated heterocycles. The summed E-state index contributed by atoms with van der Waals surface area (Å²) in [5.41, 5.74) is 4.65. The smallest absolute Gasteiger partial charge is 0.321 e. The summed E-state index contributed by atoms with van der Waals surface area (Å²) in [6.07, 6.45) is -0.425. The maximum atomic E-state index is 10.1. The first kappa shape index (κ1) is 8.43. The van der Waals surface area contributed by atoms with Gasteiger partial charge >= 0.3 is 5.97 Å².